The highest BCUT2D eigenvalue weighted by molar-refractivity contribution is 9.10. The molecule has 0 unspecified atom stereocenters. The fourth-order valence-electron chi connectivity index (χ4n) is 1.41. The summed E-state index contributed by atoms with van der Waals surface area (Å²) in [5, 5.41) is 2.78. The first kappa shape index (κ1) is 9.68. The second-order valence-corrected chi connectivity index (χ2v) is 4.25. The zero-order valence-electron chi connectivity index (χ0n) is 7.15. The van der Waals surface area contributed by atoms with E-state index in [1.165, 1.54) is 0 Å². The largest absolute Gasteiger partial charge is 0.318 e. The number of amides is 1. The van der Waals surface area contributed by atoms with E-state index >= 15 is 0 Å². The van der Waals surface area contributed by atoms with Gasteiger partial charge in [0.2, 0.25) is 0 Å². The Morgan fingerprint density at radius 3 is 2.71 bits per heavy atom. The third-order valence-corrected chi connectivity index (χ3v) is 3.33. The van der Waals surface area contributed by atoms with Gasteiger partial charge in [-0.05, 0) is 34.5 Å². The zero-order valence-corrected chi connectivity index (χ0v) is 9.49. The smallest absolute Gasteiger partial charge is 0.296 e. The molecule has 2 rings (SSSR count). The van der Waals surface area contributed by atoms with Crippen molar-refractivity contribution in [3.8, 4) is 0 Å². The molecule has 14 heavy (non-hydrogen) atoms. The van der Waals surface area contributed by atoms with Crippen molar-refractivity contribution in [2.45, 2.75) is 6.92 Å². The summed E-state index contributed by atoms with van der Waals surface area (Å²) in [5.74, 6) is -1.20. The number of hydrogen-bond acceptors (Lipinski definition) is 2. The minimum absolute atomic E-state index is 0.267. The van der Waals surface area contributed by atoms with Crippen molar-refractivity contribution in [2.24, 2.45) is 0 Å². The molecule has 1 amide bonds. The van der Waals surface area contributed by atoms with Gasteiger partial charge in [0.1, 0.15) is 0 Å². The maximum absolute atomic E-state index is 11.4. The fraction of sp³-hybridized carbons (Fsp3) is 0.111. The summed E-state index contributed by atoms with van der Waals surface area (Å²) in [6.45, 7) is 1.80. The summed E-state index contributed by atoms with van der Waals surface area (Å²) in [5.41, 5.74) is 1.60. The molecule has 3 nitrogen and oxygen atoms in total. The average Bonchev–Trinajstić information content (AvgIpc) is 2.41. The van der Waals surface area contributed by atoms with Crippen molar-refractivity contribution in [2.75, 3.05) is 5.32 Å². The molecule has 0 atom stereocenters. The number of fused-ring (bicyclic) bond motifs is 1. The lowest BCUT2D eigenvalue weighted by Gasteiger charge is -2.05. The number of carbonyl (C=O) groups excluding carboxylic acids is 2. The summed E-state index contributed by atoms with van der Waals surface area (Å²) in [7, 11) is 0. The van der Waals surface area contributed by atoms with Gasteiger partial charge in [-0.25, -0.2) is 0 Å². The van der Waals surface area contributed by atoms with Crippen LogP contribution in [-0.2, 0) is 4.79 Å². The lowest BCUT2D eigenvalue weighted by molar-refractivity contribution is -0.112. The van der Waals surface area contributed by atoms with Gasteiger partial charge in [-0.1, -0.05) is 11.6 Å². The van der Waals surface area contributed by atoms with Crippen molar-refractivity contribution < 1.29 is 9.59 Å². The molecule has 5 heteroatoms. The summed E-state index contributed by atoms with van der Waals surface area (Å²) in [6.07, 6.45) is 0. The third kappa shape index (κ3) is 1.18. The Labute approximate surface area is 93.6 Å². The van der Waals surface area contributed by atoms with Crippen LogP contribution in [0.1, 0.15) is 15.9 Å². The standard InChI is InChI=1S/C9H5BrClNO2/c1-3-2-4(10)6(11)5-7(3)12-9(14)8(5)13/h2H,1H3,(H,12,13,14). The van der Waals surface area contributed by atoms with Gasteiger partial charge in [-0.15, -0.1) is 0 Å². The van der Waals surface area contributed by atoms with Crippen molar-refractivity contribution >= 4 is 44.9 Å². The number of aryl methyl sites for hydroxylation is 1. The van der Waals surface area contributed by atoms with Crippen LogP contribution in [0.15, 0.2) is 10.5 Å². The van der Waals surface area contributed by atoms with Gasteiger partial charge in [-0.3, -0.25) is 9.59 Å². The quantitative estimate of drug-likeness (QED) is 0.739. The zero-order chi connectivity index (χ0) is 10.5. The predicted octanol–water partition coefficient (Wildman–Crippen LogP) is 2.55. The van der Waals surface area contributed by atoms with Crippen LogP contribution in [-0.4, -0.2) is 11.7 Å². The van der Waals surface area contributed by atoms with Crippen LogP contribution < -0.4 is 5.32 Å². The SMILES string of the molecule is Cc1cc(Br)c(Cl)c2c1NC(=O)C2=O. The minimum Gasteiger partial charge on any atom is -0.318 e. The van der Waals surface area contributed by atoms with E-state index in [0.717, 1.165) is 5.56 Å². The van der Waals surface area contributed by atoms with Crippen LogP contribution in [0.25, 0.3) is 0 Å². The Hall–Kier alpha value is -0.870. The van der Waals surface area contributed by atoms with E-state index in [0.29, 0.717) is 10.2 Å². The highest BCUT2D eigenvalue weighted by Gasteiger charge is 2.32. The fourth-order valence-corrected chi connectivity index (χ4v) is 2.19. The molecular weight excluding hydrogens is 269 g/mol. The Bertz CT molecular complexity index is 470. The average molecular weight is 275 g/mol. The Morgan fingerprint density at radius 2 is 2.07 bits per heavy atom. The summed E-state index contributed by atoms with van der Waals surface area (Å²) < 4.78 is 0.625. The first-order chi connectivity index (χ1) is 6.52. The van der Waals surface area contributed by atoms with E-state index in [1.54, 1.807) is 13.0 Å². The van der Waals surface area contributed by atoms with Crippen LogP contribution >= 0.6 is 27.5 Å². The van der Waals surface area contributed by atoms with Crippen LogP contribution in [0.4, 0.5) is 5.69 Å². The van der Waals surface area contributed by atoms with E-state index < -0.39 is 11.7 Å². The van der Waals surface area contributed by atoms with E-state index in [-0.39, 0.29) is 10.6 Å². The first-order valence-corrected chi connectivity index (χ1v) is 5.03. The molecule has 0 fully saturated rings. The molecule has 1 aromatic carbocycles. The van der Waals surface area contributed by atoms with Crippen LogP contribution in [0, 0.1) is 6.92 Å². The number of benzene rings is 1. The van der Waals surface area contributed by atoms with Crippen molar-refractivity contribution in [3.63, 3.8) is 0 Å². The second kappa shape index (κ2) is 3.07. The van der Waals surface area contributed by atoms with Gasteiger partial charge in [0.15, 0.2) is 0 Å². The summed E-state index contributed by atoms with van der Waals surface area (Å²) in [4.78, 5) is 22.5. The molecule has 1 N–H and O–H groups in total. The van der Waals surface area contributed by atoms with E-state index in [4.69, 9.17) is 11.6 Å². The van der Waals surface area contributed by atoms with Gasteiger partial charge >= 0.3 is 0 Å². The van der Waals surface area contributed by atoms with Crippen molar-refractivity contribution in [1.82, 2.24) is 0 Å². The summed E-state index contributed by atoms with van der Waals surface area (Å²) in [6, 6.07) is 1.76. The van der Waals surface area contributed by atoms with Crippen LogP contribution in [0.2, 0.25) is 5.02 Å². The molecule has 0 saturated carbocycles. The highest BCUT2D eigenvalue weighted by Crippen LogP contribution is 2.37. The van der Waals surface area contributed by atoms with Gasteiger partial charge in [0.05, 0.1) is 16.3 Å². The number of rotatable bonds is 0. The molecule has 1 aliphatic heterocycles. The van der Waals surface area contributed by atoms with E-state index in [2.05, 4.69) is 21.2 Å². The molecule has 0 bridgehead atoms. The predicted molar refractivity (Wildman–Crippen MR) is 56.8 cm³/mol. The normalized spacial score (nSPS) is 14.2. The molecule has 1 aromatic rings. The lowest BCUT2D eigenvalue weighted by Crippen LogP contribution is -2.12. The topological polar surface area (TPSA) is 46.2 Å². The van der Waals surface area contributed by atoms with Gasteiger partial charge in [0, 0.05) is 4.47 Å². The maximum atomic E-state index is 11.4. The van der Waals surface area contributed by atoms with Gasteiger partial charge < -0.3 is 5.32 Å². The Morgan fingerprint density at radius 1 is 1.43 bits per heavy atom. The van der Waals surface area contributed by atoms with Crippen molar-refractivity contribution in [1.29, 1.82) is 0 Å². The molecule has 0 saturated heterocycles. The minimum atomic E-state index is -0.622. The molecule has 0 spiro atoms. The van der Waals surface area contributed by atoms with Crippen LogP contribution in [0.3, 0.4) is 0 Å². The number of anilines is 1. The van der Waals surface area contributed by atoms with Crippen molar-refractivity contribution in [3.05, 3.63) is 26.7 Å². The Kier molecular flexibility index (Phi) is 2.12. The maximum Gasteiger partial charge on any atom is 0.296 e. The monoisotopic (exact) mass is 273 g/mol. The number of ketones is 1. The highest BCUT2D eigenvalue weighted by atomic mass is 79.9. The summed E-state index contributed by atoms with van der Waals surface area (Å²) >= 11 is 9.13. The third-order valence-electron chi connectivity index (χ3n) is 2.09. The number of Topliss-reactive ketones (excluding diaryl/α,β-unsaturated/α-hetero) is 1. The Balaban J connectivity index is 2.80. The molecule has 0 aliphatic carbocycles. The molecule has 1 heterocycles. The number of carbonyl (C=O) groups is 2. The van der Waals surface area contributed by atoms with Crippen LogP contribution in [0.5, 0.6) is 0 Å². The van der Waals surface area contributed by atoms with E-state index in [1.807, 2.05) is 0 Å². The van der Waals surface area contributed by atoms with Gasteiger partial charge in [0.25, 0.3) is 11.7 Å². The number of halogens is 2. The van der Waals surface area contributed by atoms with Gasteiger partial charge in [-0.2, -0.15) is 0 Å². The lowest BCUT2D eigenvalue weighted by atomic mass is 10.1. The number of nitrogens with one attached hydrogen (secondary N) is 1. The first-order valence-electron chi connectivity index (χ1n) is 3.86. The second-order valence-electron chi connectivity index (χ2n) is 3.02. The number of hydrogen-bond donors (Lipinski definition) is 1. The van der Waals surface area contributed by atoms with E-state index in [9.17, 15) is 9.59 Å². The molecule has 0 aromatic heterocycles. The molecule has 72 valence electrons. The molecular formula is C9H5BrClNO2. The molecule has 0 radical (unpaired) electrons. The molecule has 1 aliphatic rings.